The van der Waals surface area contributed by atoms with Crippen LogP contribution in [-0.4, -0.2) is 32.5 Å². The van der Waals surface area contributed by atoms with Crippen molar-refractivity contribution in [3.05, 3.63) is 34.6 Å². The van der Waals surface area contributed by atoms with E-state index >= 15 is 0 Å². The molecule has 0 saturated carbocycles. The molecule has 0 bridgehead atoms. The normalized spacial score (nSPS) is 15.1. The smallest absolute Gasteiger partial charge is 0.151 e. The van der Waals surface area contributed by atoms with Crippen molar-refractivity contribution < 1.29 is 12.8 Å². The number of rotatable bonds is 7. The van der Waals surface area contributed by atoms with Gasteiger partial charge < -0.3 is 5.32 Å². The van der Waals surface area contributed by atoms with E-state index in [9.17, 15) is 12.8 Å². The number of hydrogen-bond acceptors (Lipinski definition) is 3. The lowest BCUT2D eigenvalue weighted by atomic mass is 10.0. The maximum Gasteiger partial charge on any atom is 0.151 e. The van der Waals surface area contributed by atoms with Gasteiger partial charge in [0.15, 0.2) is 9.84 Å². The molecule has 0 amide bonds. The number of benzene rings is 1. The van der Waals surface area contributed by atoms with E-state index in [4.69, 9.17) is 11.6 Å². The number of halogens is 2. The molecule has 0 aliphatic rings. The zero-order valence-electron chi connectivity index (χ0n) is 12.0. The highest BCUT2D eigenvalue weighted by molar-refractivity contribution is 7.91. The number of nitrogens with one attached hydrogen (secondary N) is 1. The molecule has 0 heterocycles. The minimum Gasteiger partial charge on any atom is -0.312 e. The van der Waals surface area contributed by atoms with Crippen molar-refractivity contribution in [2.24, 2.45) is 0 Å². The molecule has 1 aromatic carbocycles. The van der Waals surface area contributed by atoms with Crippen LogP contribution in [0, 0.1) is 5.82 Å². The summed E-state index contributed by atoms with van der Waals surface area (Å²) in [4.78, 5) is 0. The fraction of sp³-hybridized carbons (Fsp3) is 0.571. The molecule has 2 unspecified atom stereocenters. The van der Waals surface area contributed by atoms with E-state index in [1.54, 1.807) is 13.0 Å². The largest absolute Gasteiger partial charge is 0.312 e. The van der Waals surface area contributed by atoms with Crippen LogP contribution in [0.25, 0.3) is 0 Å². The molecule has 20 heavy (non-hydrogen) atoms. The van der Waals surface area contributed by atoms with Crippen LogP contribution in [-0.2, 0) is 16.3 Å². The lowest BCUT2D eigenvalue weighted by molar-refractivity contribution is 0.481. The lowest BCUT2D eigenvalue weighted by Gasteiger charge is -2.24. The maximum atomic E-state index is 13.0. The van der Waals surface area contributed by atoms with Crippen LogP contribution in [0.3, 0.4) is 0 Å². The lowest BCUT2D eigenvalue weighted by Crippen LogP contribution is -2.44. The molecule has 114 valence electrons. The van der Waals surface area contributed by atoms with Crippen LogP contribution in [0.5, 0.6) is 0 Å². The quantitative estimate of drug-likeness (QED) is 0.840. The molecule has 1 aromatic rings. The number of hydrogen-bond donors (Lipinski definition) is 1. The van der Waals surface area contributed by atoms with Gasteiger partial charge in [-0.1, -0.05) is 24.6 Å². The zero-order chi connectivity index (χ0) is 15.3. The van der Waals surface area contributed by atoms with Crippen LogP contribution in [0.2, 0.25) is 5.02 Å². The molecule has 0 aromatic heterocycles. The maximum absolute atomic E-state index is 13.0. The highest BCUT2D eigenvalue weighted by Gasteiger charge is 2.26. The molecule has 0 aliphatic carbocycles. The highest BCUT2D eigenvalue weighted by Crippen LogP contribution is 2.21. The summed E-state index contributed by atoms with van der Waals surface area (Å²) in [5, 5.41) is 3.03. The predicted octanol–water partition coefficient (Wildman–Crippen LogP) is 2.82. The molecule has 0 saturated heterocycles. The highest BCUT2D eigenvalue weighted by atomic mass is 35.5. The summed E-state index contributed by atoms with van der Waals surface area (Å²) in [5.41, 5.74) is 0.747. The first kappa shape index (κ1) is 17.4. The Hall–Kier alpha value is -0.650. The van der Waals surface area contributed by atoms with Crippen LogP contribution >= 0.6 is 11.6 Å². The molecule has 0 fully saturated rings. The summed E-state index contributed by atoms with van der Waals surface area (Å²) in [6, 6.07) is 3.95. The summed E-state index contributed by atoms with van der Waals surface area (Å²) in [5.74, 6) is -0.395. The second-order valence-electron chi connectivity index (χ2n) is 5.04. The average Bonchev–Trinajstić information content (AvgIpc) is 2.35. The summed E-state index contributed by atoms with van der Waals surface area (Å²) < 4.78 is 36.5. The third-order valence-corrected chi connectivity index (χ3v) is 5.38. The van der Waals surface area contributed by atoms with Gasteiger partial charge in [0.25, 0.3) is 0 Å². The van der Waals surface area contributed by atoms with Gasteiger partial charge in [-0.3, -0.25) is 0 Å². The summed E-state index contributed by atoms with van der Waals surface area (Å²) in [6.07, 6.45) is 2.59. The molecule has 0 spiro atoms. The van der Waals surface area contributed by atoms with E-state index in [0.717, 1.165) is 18.5 Å². The predicted molar refractivity (Wildman–Crippen MR) is 81.5 cm³/mol. The van der Waals surface area contributed by atoms with E-state index in [1.807, 2.05) is 6.92 Å². The fourth-order valence-corrected chi connectivity index (χ4v) is 2.99. The van der Waals surface area contributed by atoms with Crippen molar-refractivity contribution in [1.29, 1.82) is 0 Å². The van der Waals surface area contributed by atoms with Crippen molar-refractivity contribution in [3.63, 3.8) is 0 Å². The fourth-order valence-electron chi connectivity index (χ4n) is 1.96. The Morgan fingerprint density at radius 3 is 2.55 bits per heavy atom. The summed E-state index contributed by atoms with van der Waals surface area (Å²) >= 11 is 6.01. The molecule has 3 nitrogen and oxygen atoms in total. The van der Waals surface area contributed by atoms with Gasteiger partial charge in [-0.25, -0.2) is 12.8 Å². The molecule has 6 heteroatoms. The average molecular weight is 322 g/mol. The van der Waals surface area contributed by atoms with E-state index in [1.165, 1.54) is 18.4 Å². The van der Waals surface area contributed by atoms with Gasteiger partial charge in [-0.2, -0.15) is 0 Å². The first-order chi connectivity index (χ1) is 9.25. The minimum absolute atomic E-state index is 0.243. The van der Waals surface area contributed by atoms with Crippen molar-refractivity contribution in [3.8, 4) is 0 Å². The Balaban J connectivity index is 2.94. The van der Waals surface area contributed by atoms with E-state index in [0.29, 0.717) is 11.4 Å². The van der Waals surface area contributed by atoms with Gasteiger partial charge in [-0.05, 0) is 44.0 Å². The summed E-state index contributed by atoms with van der Waals surface area (Å²) in [6.45, 7) is 4.42. The van der Waals surface area contributed by atoms with Crippen molar-refractivity contribution in [1.82, 2.24) is 5.32 Å². The zero-order valence-corrected chi connectivity index (χ0v) is 13.6. The molecule has 0 aliphatic heterocycles. The molecular weight excluding hydrogens is 301 g/mol. The van der Waals surface area contributed by atoms with Crippen molar-refractivity contribution in [2.75, 3.05) is 12.8 Å². The molecular formula is C14H21ClFNO2S. The van der Waals surface area contributed by atoms with Gasteiger partial charge >= 0.3 is 0 Å². The van der Waals surface area contributed by atoms with E-state index in [2.05, 4.69) is 5.32 Å². The van der Waals surface area contributed by atoms with Crippen LogP contribution < -0.4 is 5.32 Å². The SMILES string of the molecule is CCCNC(Cc1ccc(F)cc1Cl)C(C)S(C)(=O)=O. The van der Waals surface area contributed by atoms with E-state index in [-0.39, 0.29) is 6.04 Å². The molecule has 2 atom stereocenters. The van der Waals surface area contributed by atoms with Gasteiger partial charge in [0.05, 0.1) is 5.25 Å². The topological polar surface area (TPSA) is 46.2 Å². The Morgan fingerprint density at radius 2 is 2.05 bits per heavy atom. The molecule has 0 radical (unpaired) electrons. The Labute approximate surface area is 125 Å². The van der Waals surface area contributed by atoms with E-state index < -0.39 is 20.9 Å². The van der Waals surface area contributed by atoms with Gasteiger partial charge in [0.2, 0.25) is 0 Å². The Kier molecular flexibility index (Phi) is 6.43. The van der Waals surface area contributed by atoms with Crippen LogP contribution in [0.15, 0.2) is 18.2 Å². The third kappa shape index (κ3) is 5.04. The Morgan fingerprint density at radius 1 is 1.40 bits per heavy atom. The Bertz CT molecular complexity index is 548. The standard InChI is InChI=1S/C14H21ClFNO2S/c1-4-7-17-14(10(2)20(3,18)19)8-11-5-6-12(16)9-13(11)15/h5-6,9-10,14,17H,4,7-8H2,1-3H3. The minimum atomic E-state index is -3.15. The van der Waals surface area contributed by atoms with Gasteiger partial charge in [-0.15, -0.1) is 0 Å². The molecule has 1 rings (SSSR count). The molecule has 1 N–H and O–H groups in total. The van der Waals surface area contributed by atoms with Crippen molar-refractivity contribution >= 4 is 21.4 Å². The van der Waals surface area contributed by atoms with Crippen LogP contribution in [0.1, 0.15) is 25.8 Å². The van der Waals surface area contributed by atoms with Gasteiger partial charge in [0.1, 0.15) is 5.82 Å². The summed E-state index contributed by atoms with van der Waals surface area (Å²) in [7, 11) is -3.15. The third-order valence-electron chi connectivity index (χ3n) is 3.35. The van der Waals surface area contributed by atoms with Gasteiger partial charge in [0, 0.05) is 17.3 Å². The van der Waals surface area contributed by atoms with Crippen molar-refractivity contribution in [2.45, 2.75) is 38.0 Å². The first-order valence-corrected chi connectivity index (χ1v) is 8.95. The monoisotopic (exact) mass is 321 g/mol. The van der Waals surface area contributed by atoms with Crippen LogP contribution in [0.4, 0.5) is 4.39 Å². The first-order valence-electron chi connectivity index (χ1n) is 6.62. The number of sulfone groups is 1. The second-order valence-corrected chi connectivity index (χ2v) is 7.84. The second kappa shape index (κ2) is 7.38.